The third kappa shape index (κ3) is 3.97. The van der Waals surface area contributed by atoms with Crippen LogP contribution in [0.25, 0.3) is 0 Å². The van der Waals surface area contributed by atoms with Gasteiger partial charge in [0.05, 0.1) is 6.04 Å². The maximum absolute atomic E-state index is 12.5. The molecule has 3 nitrogen and oxygen atoms in total. The molecule has 0 aromatic heterocycles. The Kier molecular flexibility index (Phi) is 5.19. The minimum atomic E-state index is 0.0637. The number of piperidine rings is 1. The smallest absolute Gasteiger partial charge is 0.223 e. The summed E-state index contributed by atoms with van der Waals surface area (Å²) in [5.74, 6) is 0.313. The molecular weight excluding hydrogens is 296 g/mol. The summed E-state index contributed by atoms with van der Waals surface area (Å²) in [6.07, 6.45) is 1.84. The van der Waals surface area contributed by atoms with Gasteiger partial charge in [0, 0.05) is 24.7 Å². The number of carbonyl (C=O) groups excluding carboxylic acids is 1. The third-order valence-corrected chi connectivity index (χ3v) is 4.92. The molecule has 24 heavy (non-hydrogen) atoms. The van der Waals surface area contributed by atoms with Crippen LogP contribution in [0.5, 0.6) is 0 Å². The number of rotatable bonds is 4. The van der Waals surface area contributed by atoms with E-state index in [1.165, 1.54) is 11.3 Å². The van der Waals surface area contributed by atoms with Crippen molar-refractivity contribution >= 4 is 11.6 Å². The topological polar surface area (TPSA) is 32.3 Å². The molecule has 1 fully saturated rings. The second-order valence-corrected chi connectivity index (χ2v) is 6.74. The van der Waals surface area contributed by atoms with E-state index in [4.69, 9.17) is 0 Å². The highest BCUT2D eigenvalue weighted by Gasteiger charge is 2.26. The van der Waals surface area contributed by atoms with Crippen molar-refractivity contribution in [1.82, 2.24) is 5.32 Å². The van der Waals surface area contributed by atoms with Crippen molar-refractivity contribution in [2.75, 3.05) is 18.0 Å². The lowest BCUT2D eigenvalue weighted by molar-refractivity contribution is -0.126. The number of carbonyl (C=O) groups is 1. The van der Waals surface area contributed by atoms with E-state index < -0.39 is 0 Å². The summed E-state index contributed by atoms with van der Waals surface area (Å²) in [7, 11) is 0. The highest BCUT2D eigenvalue weighted by atomic mass is 16.1. The van der Waals surface area contributed by atoms with Gasteiger partial charge in [-0.2, -0.15) is 0 Å². The zero-order chi connectivity index (χ0) is 16.9. The maximum atomic E-state index is 12.5. The van der Waals surface area contributed by atoms with Gasteiger partial charge in [0.15, 0.2) is 0 Å². The molecule has 1 saturated heterocycles. The first-order chi connectivity index (χ1) is 11.6. The molecule has 0 saturated carbocycles. The van der Waals surface area contributed by atoms with Gasteiger partial charge in [-0.1, -0.05) is 48.0 Å². The number of benzene rings is 2. The molecule has 0 radical (unpaired) electrons. The summed E-state index contributed by atoms with van der Waals surface area (Å²) in [6, 6.07) is 18.9. The van der Waals surface area contributed by atoms with Crippen molar-refractivity contribution in [1.29, 1.82) is 0 Å². The van der Waals surface area contributed by atoms with Gasteiger partial charge >= 0.3 is 0 Å². The molecule has 1 N–H and O–H groups in total. The molecule has 3 heteroatoms. The van der Waals surface area contributed by atoms with Crippen molar-refractivity contribution < 1.29 is 4.79 Å². The van der Waals surface area contributed by atoms with E-state index in [2.05, 4.69) is 60.5 Å². The SMILES string of the molecule is Cc1ccc(N2CCC(C(=O)N[C@H](C)c3ccccc3)CC2)cc1. The summed E-state index contributed by atoms with van der Waals surface area (Å²) >= 11 is 0. The fraction of sp³-hybridized carbons (Fsp3) is 0.381. The maximum Gasteiger partial charge on any atom is 0.223 e. The summed E-state index contributed by atoms with van der Waals surface area (Å²) in [5.41, 5.74) is 3.70. The molecule has 1 atom stereocenters. The van der Waals surface area contributed by atoms with Crippen LogP contribution in [0.3, 0.4) is 0 Å². The monoisotopic (exact) mass is 322 g/mol. The van der Waals surface area contributed by atoms with E-state index in [-0.39, 0.29) is 17.9 Å². The molecule has 2 aromatic rings. The Morgan fingerprint density at radius 1 is 1.04 bits per heavy atom. The second kappa shape index (κ2) is 7.52. The normalized spacial score (nSPS) is 16.7. The van der Waals surface area contributed by atoms with E-state index in [1.807, 2.05) is 18.2 Å². The number of hydrogen-bond acceptors (Lipinski definition) is 2. The van der Waals surface area contributed by atoms with Gasteiger partial charge in [0.1, 0.15) is 0 Å². The Bertz CT molecular complexity index is 658. The molecule has 1 aliphatic heterocycles. The Morgan fingerprint density at radius 2 is 1.67 bits per heavy atom. The fourth-order valence-electron chi connectivity index (χ4n) is 3.31. The van der Waals surface area contributed by atoms with Gasteiger partial charge in [-0.3, -0.25) is 4.79 Å². The molecule has 0 unspecified atom stereocenters. The van der Waals surface area contributed by atoms with Crippen molar-refractivity contribution in [3.8, 4) is 0 Å². The number of hydrogen-bond donors (Lipinski definition) is 1. The largest absolute Gasteiger partial charge is 0.371 e. The first-order valence-electron chi connectivity index (χ1n) is 8.80. The van der Waals surface area contributed by atoms with E-state index in [0.717, 1.165) is 31.5 Å². The summed E-state index contributed by atoms with van der Waals surface area (Å²) in [5, 5.41) is 3.17. The highest BCUT2D eigenvalue weighted by molar-refractivity contribution is 5.79. The zero-order valence-corrected chi connectivity index (χ0v) is 14.5. The molecule has 0 bridgehead atoms. The van der Waals surface area contributed by atoms with Gasteiger partial charge in [-0.25, -0.2) is 0 Å². The minimum Gasteiger partial charge on any atom is -0.371 e. The highest BCUT2D eigenvalue weighted by Crippen LogP contribution is 2.24. The van der Waals surface area contributed by atoms with Gasteiger partial charge in [0.2, 0.25) is 5.91 Å². The van der Waals surface area contributed by atoms with E-state index in [1.54, 1.807) is 0 Å². The van der Waals surface area contributed by atoms with E-state index in [9.17, 15) is 4.79 Å². The van der Waals surface area contributed by atoms with Crippen LogP contribution in [0.15, 0.2) is 54.6 Å². The van der Waals surface area contributed by atoms with Crippen LogP contribution in [0.1, 0.15) is 36.9 Å². The quantitative estimate of drug-likeness (QED) is 0.919. The van der Waals surface area contributed by atoms with Gasteiger partial charge in [-0.15, -0.1) is 0 Å². The zero-order valence-electron chi connectivity index (χ0n) is 14.5. The van der Waals surface area contributed by atoms with Gasteiger partial charge < -0.3 is 10.2 Å². The first kappa shape index (κ1) is 16.6. The molecule has 2 aromatic carbocycles. The molecule has 0 aliphatic carbocycles. The van der Waals surface area contributed by atoms with Crippen LogP contribution in [0.2, 0.25) is 0 Å². The Hall–Kier alpha value is -2.29. The average molecular weight is 322 g/mol. The van der Waals surface area contributed by atoms with Crippen LogP contribution in [0, 0.1) is 12.8 Å². The minimum absolute atomic E-state index is 0.0637. The van der Waals surface area contributed by atoms with Crippen LogP contribution in [-0.4, -0.2) is 19.0 Å². The molecule has 1 amide bonds. The molecule has 3 rings (SSSR count). The average Bonchev–Trinajstić information content (AvgIpc) is 2.63. The molecule has 1 aliphatic rings. The summed E-state index contributed by atoms with van der Waals surface area (Å²) in [4.78, 5) is 14.9. The third-order valence-electron chi connectivity index (χ3n) is 4.92. The lowest BCUT2D eigenvalue weighted by Crippen LogP contribution is -2.41. The van der Waals surface area contributed by atoms with Gasteiger partial charge in [0.25, 0.3) is 0 Å². The number of nitrogens with one attached hydrogen (secondary N) is 1. The number of anilines is 1. The summed E-state index contributed by atoms with van der Waals surface area (Å²) in [6.45, 7) is 6.05. The first-order valence-corrected chi connectivity index (χ1v) is 8.80. The van der Waals surface area contributed by atoms with Crippen LogP contribution in [0.4, 0.5) is 5.69 Å². The Labute approximate surface area is 144 Å². The van der Waals surface area contributed by atoms with Crippen molar-refractivity contribution in [3.63, 3.8) is 0 Å². The standard InChI is InChI=1S/C21H26N2O/c1-16-8-10-20(11-9-16)23-14-12-19(13-15-23)21(24)22-17(2)18-6-4-3-5-7-18/h3-11,17,19H,12-15H2,1-2H3,(H,22,24)/t17-/m1/s1. The summed E-state index contributed by atoms with van der Waals surface area (Å²) < 4.78 is 0. The van der Waals surface area contributed by atoms with Crippen molar-refractivity contribution in [2.45, 2.75) is 32.7 Å². The molecule has 0 spiro atoms. The lowest BCUT2D eigenvalue weighted by Gasteiger charge is -2.33. The van der Waals surface area contributed by atoms with Crippen LogP contribution < -0.4 is 10.2 Å². The van der Waals surface area contributed by atoms with Crippen molar-refractivity contribution in [2.24, 2.45) is 5.92 Å². The number of aryl methyl sites for hydroxylation is 1. The lowest BCUT2D eigenvalue weighted by atomic mass is 9.94. The van der Waals surface area contributed by atoms with Crippen LogP contribution in [-0.2, 0) is 4.79 Å². The predicted molar refractivity (Wildman–Crippen MR) is 99.1 cm³/mol. The predicted octanol–water partition coefficient (Wildman–Crippen LogP) is 4.09. The van der Waals surface area contributed by atoms with Crippen LogP contribution >= 0.6 is 0 Å². The van der Waals surface area contributed by atoms with E-state index in [0.29, 0.717) is 0 Å². The fourth-order valence-corrected chi connectivity index (χ4v) is 3.31. The second-order valence-electron chi connectivity index (χ2n) is 6.74. The number of nitrogens with zero attached hydrogens (tertiary/aromatic N) is 1. The molecule has 126 valence electrons. The Morgan fingerprint density at radius 3 is 2.29 bits per heavy atom. The molecule has 1 heterocycles. The van der Waals surface area contributed by atoms with E-state index >= 15 is 0 Å². The van der Waals surface area contributed by atoms with Gasteiger partial charge in [-0.05, 0) is 44.4 Å². The molecular formula is C21H26N2O. The Balaban J connectivity index is 1.52. The van der Waals surface area contributed by atoms with Crippen molar-refractivity contribution in [3.05, 3.63) is 65.7 Å². The number of amides is 1.